The van der Waals surface area contributed by atoms with Crippen molar-refractivity contribution in [2.75, 3.05) is 23.4 Å². The minimum atomic E-state index is -3.06. The number of amides is 2. The minimum absolute atomic E-state index is 0.0218. The highest BCUT2D eigenvalue weighted by Gasteiger charge is 2.42. The third-order valence-corrected chi connectivity index (χ3v) is 9.08. The van der Waals surface area contributed by atoms with Crippen LogP contribution < -0.4 is 5.32 Å². The molecule has 8 heteroatoms. The molecule has 2 atom stereocenters. The molecule has 2 saturated heterocycles. The van der Waals surface area contributed by atoms with E-state index in [0.29, 0.717) is 18.2 Å². The number of rotatable bonds is 5. The van der Waals surface area contributed by atoms with Gasteiger partial charge in [0.25, 0.3) is 0 Å². The molecule has 1 aromatic carbocycles. The number of thioether (sulfide) groups is 1. The predicted octanol–water partition coefficient (Wildman–Crippen LogP) is 2.70. The Morgan fingerprint density at radius 3 is 2.61 bits per heavy atom. The molecule has 2 aliphatic heterocycles. The SMILES string of the molecule is O=C(Nc1ccccc1SC1CCCC1)C1CC(=O)N(C2CCS(=O)(=O)C2)C1. The molecule has 0 bridgehead atoms. The van der Waals surface area contributed by atoms with Crippen LogP contribution in [0.15, 0.2) is 29.2 Å². The van der Waals surface area contributed by atoms with Crippen molar-refractivity contribution in [1.29, 1.82) is 0 Å². The summed E-state index contributed by atoms with van der Waals surface area (Å²) in [5.41, 5.74) is 0.804. The summed E-state index contributed by atoms with van der Waals surface area (Å²) in [5, 5.41) is 3.62. The monoisotopic (exact) mass is 422 g/mol. The number of anilines is 1. The molecule has 4 rings (SSSR count). The molecule has 1 N–H and O–H groups in total. The van der Waals surface area contributed by atoms with Crippen molar-refractivity contribution in [3.8, 4) is 0 Å². The number of carbonyl (C=O) groups is 2. The van der Waals surface area contributed by atoms with Gasteiger partial charge < -0.3 is 10.2 Å². The summed E-state index contributed by atoms with van der Waals surface area (Å²) in [4.78, 5) is 27.9. The van der Waals surface area contributed by atoms with Crippen LogP contribution in [0.5, 0.6) is 0 Å². The zero-order valence-corrected chi connectivity index (χ0v) is 17.4. The van der Waals surface area contributed by atoms with E-state index in [4.69, 9.17) is 0 Å². The van der Waals surface area contributed by atoms with Gasteiger partial charge in [-0.1, -0.05) is 25.0 Å². The van der Waals surface area contributed by atoms with Gasteiger partial charge in [-0.05, 0) is 31.4 Å². The first kappa shape index (κ1) is 19.8. The van der Waals surface area contributed by atoms with Crippen LogP contribution in [-0.2, 0) is 19.4 Å². The number of likely N-dealkylation sites (tertiary alicyclic amines) is 1. The standard InChI is InChI=1S/C20H26N2O4S2/c23-19-11-14(12-22(19)15-9-10-28(25,26)13-15)20(24)21-17-7-3-4-8-18(17)27-16-5-1-2-6-16/h3-4,7-8,14-16H,1-2,5-6,9-13H2,(H,21,24). The van der Waals surface area contributed by atoms with Gasteiger partial charge in [0.2, 0.25) is 11.8 Å². The number of sulfone groups is 1. The first-order valence-electron chi connectivity index (χ1n) is 9.98. The third kappa shape index (κ3) is 4.38. The molecule has 0 spiro atoms. The fraction of sp³-hybridized carbons (Fsp3) is 0.600. The Kier molecular flexibility index (Phi) is 5.69. The van der Waals surface area contributed by atoms with Gasteiger partial charge in [-0.3, -0.25) is 9.59 Å². The zero-order chi connectivity index (χ0) is 19.7. The average Bonchev–Trinajstić information content (AvgIpc) is 3.37. The maximum Gasteiger partial charge on any atom is 0.229 e. The fourth-order valence-corrected chi connectivity index (χ4v) is 7.44. The van der Waals surface area contributed by atoms with Crippen molar-refractivity contribution in [3.63, 3.8) is 0 Å². The van der Waals surface area contributed by atoms with E-state index in [9.17, 15) is 18.0 Å². The molecule has 28 heavy (non-hydrogen) atoms. The number of para-hydroxylation sites is 1. The summed E-state index contributed by atoms with van der Waals surface area (Å²) < 4.78 is 23.4. The topological polar surface area (TPSA) is 83.6 Å². The number of carbonyl (C=O) groups excluding carboxylic acids is 2. The molecule has 1 aliphatic carbocycles. The van der Waals surface area contributed by atoms with Crippen molar-refractivity contribution in [2.24, 2.45) is 5.92 Å². The van der Waals surface area contributed by atoms with E-state index < -0.39 is 15.8 Å². The summed E-state index contributed by atoms with van der Waals surface area (Å²) in [6.45, 7) is 0.308. The Morgan fingerprint density at radius 2 is 1.89 bits per heavy atom. The van der Waals surface area contributed by atoms with Gasteiger partial charge >= 0.3 is 0 Å². The summed E-state index contributed by atoms with van der Waals surface area (Å²) in [6.07, 6.45) is 5.59. The van der Waals surface area contributed by atoms with Crippen molar-refractivity contribution in [3.05, 3.63) is 24.3 Å². The number of benzene rings is 1. The second-order valence-corrected chi connectivity index (χ2v) is 11.6. The van der Waals surface area contributed by atoms with Crippen LogP contribution in [0.2, 0.25) is 0 Å². The molecule has 2 heterocycles. The van der Waals surface area contributed by atoms with Crippen molar-refractivity contribution >= 4 is 39.1 Å². The molecule has 6 nitrogen and oxygen atoms in total. The number of nitrogens with zero attached hydrogens (tertiary/aromatic N) is 1. The number of nitrogens with one attached hydrogen (secondary N) is 1. The maximum absolute atomic E-state index is 12.8. The van der Waals surface area contributed by atoms with Gasteiger partial charge in [-0.15, -0.1) is 11.8 Å². The normalized spacial score (nSPS) is 27.4. The Morgan fingerprint density at radius 1 is 1.14 bits per heavy atom. The first-order chi connectivity index (χ1) is 13.4. The molecule has 0 aromatic heterocycles. The van der Waals surface area contributed by atoms with Crippen LogP contribution in [0.25, 0.3) is 0 Å². The van der Waals surface area contributed by atoms with E-state index in [0.717, 1.165) is 10.6 Å². The van der Waals surface area contributed by atoms with Crippen LogP contribution >= 0.6 is 11.8 Å². The Bertz CT molecular complexity index is 865. The molecule has 0 radical (unpaired) electrons. The summed E-state index contributed by atoms with van der Waals surface area (Å²) in [6, 6.07) is 7.56. The van der Waals surface area contributed by atoms with Crippen LogP contribution in [0.1, 0.15) is 38.5 Å². The van der Waals surface area contributed by atoms with Crippen molar-refractivity contribution in [1.82, 2.24) is 4.90 Å². The van der Waals surface area contributed by atoms with E-state index >= 15 is 0 Å². The smallest absolute Gasteiger partial charge is 0.229 e. The first-order valence-corrected chi connectivity index (χ1v) is 12.7. The average molecular weight is 423 g/mol. The largest absolute Gasteiger partial charge is 0.338 e. The Labute approximate surface area is 170 Å². The lowest BCUT2D eigenvalue weighted by molar-refractivity contribution is -0.129. The van der Waals surface area contributed by atoms with E-state index in [1.165, 1.54) is 25.7 Å². The molecule has 3 aliphatic rings. The molecule has 1 aromatic rings. The van der Waals surface area contributed by atoms with Crippen molar-refractivity contribution in [2.45, 2.75) is 54.7 Å². The van der Waals surface area contributed by atoms with E-state index in [2.05, 4.69) is 5.32 Å². The minimum Gasteiger partial charge on any atom is -0.338 e. The van der Waals surface area contributed by atoms with E-state index in [1.54, 1.807) is 4.90 Å². The molecule has 3 fully saturated rings. The predicted molar refractivity (Wildman–Crippen MR) is 110 cm³/mol. The van der Waals surface area contributed by atoms with Gasteiger partial charge in [-0.2, -0.15) is 0 Å². The lowest BCUT2D eigenvalue weighted by atomic mass is 10.1. The zero-order valence-electron chi connectivity index (χ0n) is 15.8. The molecule has 2 amide bonds. The lowest BCUT2D eigenvalue weighted by Gasteiger charge is -2.23. The van der Waals surface area contributed by atoms with Gasteiger partial charge in [0.1, 0.15) is 0 Å². The highest BCUT2D eigenvalue weighted by atomic mass is 32.2. The van der Waals surface area contributed by atoms with Crippen molar-refractivity contribution < 1.29 is 18.0 Å². The third-order valence-electron chi connectivity index (χ3n) is 5.92. The summed E-state index contributed by atoms with van der Waals surface area (Å²) in [7, 11) is -3.06. The van der Waals surface area contributed by atoms with Crippen LogP contribution in [-0.4, -0.2) is 54.5 Å². The van der Waals surface area contributed by atoms with Crippen LogP contribution in [0.3, 0.4) is 0 Å². The quantitative estimate of drug-likeness (QED) is 0.789. The second-order valence-electron chi connectivity index (χ2n) is 8.01. The maximum atomic E-state index is 12.8. The summed E-state index contributed by atoms with van der Waals surface area (Å²) in [5.74, 6) is -0.551. The highest BCUT2D eigenvalue weighted by molar-refractivity contribution is 8.00. The fourth-order valence-electron chi connectivity index (χ4n) is 4.37. The Hall–Kier alpha value is -1.54. The summed E-state index contributed by atoms with van der Waals surface area (Å²) >= 11 is 1.82. The number of hydrogen-bond donors (Lipinski definition) is 1. The van der Waals surface area contributed by atoms with Crippen LogP contribution in [0.4, 0.5) is 5.69 Å². The molecule has 2 unspecified atom stereocenters. The number of hydrogen-bond acceptors (Lipinski definition) is 5. The Balaban J connectivity index is 1.40. The molecule has 1 saturated carbocycles. The van der Waals surface area contributed by atoms with Gasteiger partial charge in [0, 0.05) is 29.2 Å². The van der Waals surface area contributed by atoms with Gasteiger partial charge in [0.05, 0.1) is 23.1 Å². The van der Waals surface area contributed by atoms with E-state index in [-0.39, 0.29) is 35.8 Å². The second kappa shape index (κ2) is 8.06. The molecule has 152 valence electrons. The molecular formula is C20H26N2O4S2. The lowest BCUT2D eigenvalue weighted by Crippen LogP contribution is -2.38. The van der Waals surface area contributed by atoms with Crippen LogP contribution in [0, 0.1) is 5.92 Å². The van der Waals surface area contributed by atoms with Gasteiger partial charge in [0.15, 0.2) is 9.84 Å². The molecular weight excluding hydrogens is 396 g/mol. The highest BCUT2D eigenvalue weighted by Crippen LogP contribution is 2.38. The van der Waals surface area contributed by atoms with E-state index in [1.807, 2.05) is 36.0 Å². The van der Waals surface area contributed by atoms with Gasteiger partial charge in [-0.25, -0.2) is 8.42 Å².